The molecule has 0 spiro atoms. The molecular formula is C27H26N4O4. The van der Waals surface area contributed by atoms with E-state index in [0.29, 0.717) is 33.4 Å². The van der Waals surface area contributed by atoms with E-state index in [1.165, 1.54) is 7.11 Å². The molecule has 1 aromatic heterocycles. The average Bonchev–Trinajstić information content (AvgIpc) is 3.23. The van der Waals surface area contributed by atoms with Crippen LogP contribution in [0.5, 0.6) is 5.88 Å². The number of H-pyrrole nitrogens is 1. The van der Waals surface area contributed by atoms with Gasteiger partial charge >= 0.3 is 5.97 Å². The first-order valence-electron chi connectivity index (χ1n) is 11.0. The zero-order valence-corrected chi connectivity index (χ0v) is 19.6. The van der Waals surface area contributed by atoms with Gasteiger partial charge in [-0.1, -0.05) is 48.5 Å². The van der Waals surface area contributed by atoms with E-state index >= 15 is 0 Å². The quantitative estimate of drug-likeness (QED) is 0.242. The van der Waals surface area contributed by atoms with Gasteiger partial charge in [0.2, 0.25) is 5.91 Å². The maximum Gasteiger partial charge on any atom is 0.337 e. The molecule has 0 saturated heterocycles. The Labute approximate surface area is 202 Å². The highest BCUT2D eigenvalue weighted by Gasteiger charge is 2.20. The van der Waals surface area contributed by atoms with Crippen molar-refractivity contribution >= 4 is 34.2 Å². The fraction of sp³-hybridized carbons (Fsp3) is 0.148. The zero-order valence-electron chi connectivity index (χ0n) is 19.6. The third-order valence-corrected chi connectivity index (χ3v) is 5.75. The highest BCUT2D eigenvalue weighted by Crippen LogP contribution is 2.32. The molecule has 0 radical (unpaired) electrons. The standard InChI is InChI=1S/C27H26N4O4/c1-28-24(26(33)29-2)17-9-12-19(13-10-17)30-23(16-7-5-4-6-8-16)22-20-14-11-18(27(34)35-3)15-21(20)31-25(22)32/h4-15,24,28,31-32H,1-3H3,(H,29,33). The number of aliphatic imine (C=N–C) groups is 1. The summed E-state index contributed by atoms with van der Waals surface area (Å²) in [5, 5.41) is 17.2. The Kier molecular flexibility index (Phi) is 6.93. The smallest absolute Gasteiger partial charge is 0.337 e. The minimum atomic E-state index is -0.478. The van der Waals surface area contributed by atoms with E-state index in [1.807, 2.05) is 54.6 Å². The lowest BCUT2D eigenvalue weighted by atomic mass is 10.00. The minimum absolute atomic E-state index is 0.0592. The number of aromatic amines is 1. The Morgan fingerprint density at radius 2 is 1.69 bits per heavy atom. The van der Waals surface area contributed by atoms with E-state index in [4.69, 9.17) is 9.73 Å². The number of fused-ring (bicyclic) bond motifs is 1. The maximum absolute atomic E-state index is 12.1. The van der Waals surface area contributed by atoms with Crippen LogP contribution in [-0.2, 0) is 9.53 Å². The predicted octanol–water partition coefficient (Wildman–Crippen LogP) is 3.84. The number of methoxy groups -OCH3 is 1. The number of aromatic nitrogens is 1. The van der Waals surface area contributed by atoms with Crippen LogP contribution in [0.2, 0.25) is 0 Å². The van der Waals surface area contributed by atoms with Gasteiger partial charge in [-0.2, -0.15) is 0 Å². The Morgan fingerprint density at radius 3 is 2.31 bits per heavy atom. The van der Waals surface area contributed by atoms with E-state index in [9.17, 15) is 14.7 Å². The van der Waals surface area contributed by atoms with Crippen molar-refractivity contribution in [2.75, 3.05) is 21.2 Å². The molecule has 0 saturated carbocycles. The van der Waals surface area contributed by atoms with Gasteiger partial charge in [-0.25, -0.2) is 9.79 Å². The molecule has 4 N–H and O–H groups in total. The number of hydrogen-bond donors (Lipinski definition) is 4. The van der Waals surface area contributed by atoms with Crippen LogP contribution in [0.25, 0.3) is 10.9 Å². The topological polar surface area (TPSA) is 116 Å². The Morgan fingerprint density at radius 1 is 0.971 bits per heavy atom. The van der Waals surface area contributed by atoms with E-state index in [1.54, 1.807) is 32.3 Å². The molecular weight excluding hydrogens is 444 g/mol. The minimum Gasteiger partial charge on any atom is -0.494 e. The lowest BCUT2D eigenvalue weighted by Crippen LogP contribution is -2.33. The molecule has 3 aromatic carbocycles. The second kappa shape index (κ2) is 10.2. The Bertz CT molecular complexity index is 1390. The van der Waals surface area contributed by atoms with Gasteiger partial charge in [0.1, 0.15) is 6.04 Å². The molecule has 0 aliphatic rings. The van der Waals surface area contributed by atoms with E-state index < -0.39 is 12.0 Å². The van der Waals surface area contributed by atoms with Crippen molar-refractivity contribution in [2.45, 2.75) is 6.04 Å². The van der Waals surface area contributed by atoms with Gasteiger partial charge in [0.05, 0.1) is 29.6 Å². The number of hydrogen-bond acceptors (Lipinski definition) is 6. The van der Waals surface area contributed by atoms with Gasteiger partial charge in [0.25, 0.3) is 0 Å². The van der Waals surface area contributed by atoms with Crippen molar-refractivity contribution < 1.29 is 19.4 Å². The largest absolute Gasteiger partial charge is 0.494 e. The third kappa shape index (κ3) is 4.78. The Balaban J connectivity index is 1.83. The van der Waals surface area contributed by atoms with Crippen molar-refractivity contribution in [1.82, 2.24) is 15.6 Å². The molecule has 35 heavy (non-hydrogen) atoms. The SMILES string of the molecule is CNC(=O)C(NC)c1ccc(N=C(c2ccccc2)c2c(O)[nH]c3cc(C(=O)OC)ccc23)cc1. The first kappa shape index (κ1) is 23.7. The number of nitrogens with zero attached hydrogens (tertiary/aromatic N) is 1. The number of benzene rings is 3. The number of carbonyl (C=O) groups excluding carboxylic acids is 2. The second-order valence-corrected chi connectivity index (χ2v) is 7.85. The summed E-state index contributed by atoms with van der Waals surface area (Å²) in [6, 6.07) is 21.4. The highest BCUT2D eigenvalue weighted by atomic mass is 16.5. The number of carbonyl (C=O) groups is 2. The molecule has 8 nitrogen and oxygen atoms in total. The molecule has 178 valence electrons. The summed E-state index contributed by atoms with van der Waals surface area (Å²) < 4.78 is 4.81. The maximum atomic E-state index is 12.1. The molecule has 1 heterocycles. The molecule has 4 aromatic rings. The van der Waals surface area contributed by atoms with E-state index in [0.717, 1.165) is 11.1 Å². The van der Waals surface area contributed by atoms with Crippen molar-refractivity contribution in [2.24, 2.45) is 4.99 Å². The van der Waals surface area contributed by atoms with Crippen LogP contribution >= 0.6 is 0 Å². The first-order valence-corrected chi connectivity index (χ1v) is 11.0. The average molecular weight is 471 g/mol. The van der Waals surface area contributed by atoms with Crippen LogP contribution in [-0.4, -0.2) is 48.9 Å². The van der Waals surface area contributed by atoms with Crippen LogP contribution in [0.1, 0.15) is 33.1 Å². The molecule has 1 amide bonds. The summed E-state index contributed by atoms with van der Waals surface area (Å²) in [5.74, 6) is -0.656. The number of ether oxygens (including phenoxy) is 1. The van der Waals surface area contributed by atoms with Gasteiger partial charge in [-0.15, -0.1) is 0 Å². The van der Waals surface area contributed by atoms with Crippen LogP contribution in [0.15, 0.2) is 77.8 Å². The summed E-state index contributed by atoms with van der Waals surface area (Å²) in [6.07, 6.45) is 0. The molecule has 8 heteroatoms. The van der Waals surface area contributed by atoms with Gasteiger partial charge in [-0.05, 0) is 36.9 Å². The van der Waals surface area contributed by atoms with Crippen LogP contribution in [0.4, 0.5) is 5.69 Å². The number of esters is 1. The van der Waals surface area contributed by atoms with Gasteiger partial charge < -0.3 is 25.5 Å². The Hall–Kier alpha value is -4.43. The van der Waals surface area contributed by atoms with Crippen molar-refractivity contribution in [3.63, 3.8) is 0 Å². The lowest BCUT2D eigenvalue weighted by Gasteiger charge is -2.15. The zero-order chi connectivity index (χ0) is 24.9. The van der Waals surface area contributed by atoms with Gasteiger partial charge in [-0.3, -0.25) is 4.79 Å². The molecule has 1 atom stereocenters. The summed E-state index contributed by atoms with van der Waals surface area (Å²) in [4.78, 5) is 31.9. The van der Waals surface area contributed by atoms with Gasteiger partial charge in [0, 0.05) is 23.5 Å². The number of amides is 1. The number of aromatic hydroxyl groups is 1. The normalized spacial score (nSPS) is 12.4. The van der Waals surface area contributed by atoms with E-state index in [2.05, 4.69) is 15.6 Å². The predicted molar refractivity (Wildman–Crippen MR) is 135 cm³/mol. The summed E-state index contributed by atoms with van der Waals surface area (Å²) in [7, 11) is 4.65. The fourth-order valence-electron chi connectivity index (χ4n) is 3.99. The summed E-state index contributed by atoms with van der Waals surface area (Å²) in [5.41, 5.74) is 4.30. The first-order chi connectivity index (χ1) is 17.0. The van der Waals surface area contributed by atoms with Crippen molar-refractivity contribution in [3.8, 4) is 5.88 Å². The number of likely N-dealkylation sites (N-methyl/N-ethyl adjacent to an activating group) is 2. The van der Waals surface area contributed by atoms with Crippen LogP contribution < -0.4 is 10.6 Å². The molecule has 1 unspecified atom stereocenters. The summed E-state index contributed by atoms with van der Waals surface area (Å²) >= 11 is 0. The third-order valence-electron chi connectivity index (χ3n) is 5.75. The molecule has 0 aliphatic heterocycles. The van der Waals surface area contributed by atoms with Gasteiger partial charge in [0.15, 0.2) is 5.88 Å². The monoisotopic (exact) mass is 470 g/mol. The lowest BCUT2D eigenvalue weighted by molar-refractivity contribution is -0.122. The van der Waals surface area contributed by atoms with Crippen LogP contribution in [0.3, 0.4) is 0 Å². The molecule has 0 bridgehead atoms. The molecule has 0 fully saturated rings. The number of rotatable bonds is 7. The van der Waals surface area contributed by atoms with Crippen LogP contribution in [0, 0.1) is 0 Å². The van der Waals surface area contributed by atoms with Crippen molar-refractivity contribution in [3.05, 3.63) is 95.1 Å². The molecule has 4 rings (SSSR count). The number of nitrogens with one attached hydrogen (secondary N) is 3. The summed E-state index contributed by atoms with van der Waals surface area (Å²) in [6.45, 7) is 0. The second-order valence-electron chi connectivity index (χ2n) is 7.85. The fourth-order valence-corrected chi connectivity index (χ4v) is 3.99. The van der Waals surface area contributed by atoms with E-state index in [-0.39, 0.29) is 11.8 Å². The highest BCUT2D eigenvalue weighted by molar-refractivity contribution is 6.22. The molecule has 0 aliphatic carbocycles. The van der Waals surface area contributed by atoms with Crippen molar-refractivity contribution in [1.29, 1.82) is 0 Å².